The molecule has 0 spiro atoms. The number of likely N-dealkylation sites (tertiary alicyclic amines) is 1. The van der Waals surface area contributed by atoms with Gasteiger partial charge in [-0.05, 0) is 50.1 Å². The highest BCUT2D eigenvalue weighted by atomic mass is 79.9. The van der Waals surface area contributed by atoms with E-state index in [-0.39, 0.29) is 5.91 Å². The molecule has 1 heterocycles. The lowest BCUT2D eigenvalue weighted by molar-refractivity contribution is -0.127. The minimum atomic E-state index is 0.115. The molecule has 0 unspecified atom stereocenters. The minimum absolute atomic E-state index is 0.115. The van der Waals surface area contributed by atoms with Gasteiger partial charge in [-0.1, -0.05) is 34.1 Å². The minimum Gasteiger partial charge on any atom is -0.339 e. The molecule has 20 heavy (non-hydrogen) atoms. The predicted molar refractivity (Wildman–Crippen MR) is 86.4 cm³/mol. The van der Waals surface area contributed by atoms with Crippen LogP contribution in [0.2, 0.25) is 0 Å². The molecule has 0 atom stereocenters. The van der Waals surface area contributed by atoms with Gasteiger partial charge in [-0.3, -0.25) is 4.79 Å². The second-order valence-electron chi connectivity index (χ2n) is 5.18. The van der Waals surface area contributed by atoms with Gasteiger partial charge in [-0.15, -0.1) is 0 Å². The van der Waals surface area contributed by atoms with E-state index in [0.29, 0.717) is 5.92 Å². The summed E-state index contributed by atoms with van der Waals surface area (Å²) >= 11 is 3.48. The number of carbonyl (C=O) groups excluding carboxylic acids is 1. The number of benzene rings is 1. The van der Waals surface area contributed by atoms with Gasteiger partial charge in [-0.2, -0.15) is 0 Å². The van der Waals surface area contributed by atoms with Crippen molar-refractivity contribution in [2.45, 2.75) is 12.8 Å². The van der Waals surface area contributed by atoms with Crippen LogP contribution in [0.5, 0.6) is 0 Å². The fraction of sp³-hybridized carbons (Fsp3) is 0.438. The molecular formula is C16H21BrN2O. The lowest BCUT2D eigenvalue weighted by Gasteiger charge is -2.31. The summed E-state index contributed by atoms with van der Waals surface area (Å²) in [5.41, 5.74) is 1.03. The first-order valence-corrected chi connectivity index (χ1v) is 7.86. The second kappa shape index (κ2) is 7.60. The van der Waals surface area contributed by atoms with Gasteiger partial charge in [0.2, 0.25) is 5.91 Å². The van der Waals surface area contributed by atoms with Gasteiger partial charge in [0.25, 0.3) is 0 Å². The van der Waals surface area contributed by atoms with Gasteiger partial charge in [0.15, 0.2) is 0 Å². The summed E-state index contributed by atoms with van der Waals surface area (Å²) in [5.74, 6) is 0.819. The zero-order valence-electron chi connectivity index (χ0n) is 11.8. The van der Waals surface area contributed by atoms with Crippen LogP contribution in [0, 0.1) is 5.92 Å². The molecule has 1 aliphatic rings. The molecule has 0 aliphatic carbocycles. The van der Waals surface area contributed by atoms with E-state index < -0.39 is 0 Å². The van der Waals surface area contributed by atoms with Crippen molar-refractivity contribution in [2.24, 2.45) is 5.92 Å². The Morgan fingerprint density at radius 2 is 2.10 bits per heavy atom. The monoisotopic (exact) mass is 336 g/mol. The second-order valence-corrected chi connectivity index (χ2v) is 6.04. The Hall–Kier alpha value is -1.13. The number of rotatable bonds is 4. The molecule has 1 amide bonds. The Kier molecular flexibility index (Phi) is 5.80. The third-order valence-electron chi connectivity index (χ3n) is 3.73. The van der Waals surface area contributed by atoms with Crippen LogP contribution in [0.15, 0.2) is 34.8 Å². The summed E-state index contributed by atoms with van der Waals surface area (Å²) in [6, 6.07) is 7.91. The Morgan fingerprint density at radius 3 is 2.75 bits per heavy atom. The Balaban J connectivity index is 1.88. The number of hydrogen-bond acceptors (Lipinski definition) is 2. The number of piperidine rings is 1. The van der Waals surface area contributed by atoms with Gasteiger partial charge in [0.1, 0.15) is 0 Å². The quantitative estimate of drug-likeness (QED) is 0.857. The maximum absolute atomic E-state index is 12.2. The molecule has 1 aromatic carbocycles. The summed E-state index contributed by atoms with van der Waals surface area (Å²) in [7, 11) is 1.98. The molecule has 3 nitrogen and oxygen atoms in total. The first-order valence-electron chi connectivity index (χ1n) is 7.07. The molecule has 4 heteroatoms. The number of hydrogen-bond donors (Lipinski definition) is 1. The van der Waals surface area contributed by atoms with Gasteiger partial charge >= 0.3 is 0 Å². The first-order chi connectivity index (χ1) is 9.70. The molecule has 0 radical (unpaired) electrons. The van der Waals surface area contributed by atoms with E-state index >= 15 is 0 Å². The van der Waals surface area contributed by atoms with Crippen LogP contribution in [0.1, 0.15) is 18.4 Å². The van der Waals surface area contributed by atoms with Crippen LogP contribution in [-0.2, 0) is 4.79 Å². The normalized spacial score (nSPS) is 16.8. The number of carbonyl (C=O) groups is 1. The van der Waals surface area contributed by atoms with Gasteiger partial charge in [0.05, 0.1) is 0 Å². The van der Waals surface area contributed by atoms with Crippen molar-refractivity contribution in [2.75, 3.05) is 26.7 Å². The van der Waals surface area contributed by atoms with Crippen molar-refractivity contribution in [3.63, 3.8) is 0 Å². The molecule has 2 rings (SSSR count). The predicted octanol–water partition coefficient (Wildman–Crippen LogP) is 2.92. The summed E-state index contributed by atoms with van der Waals surface area (Å²) in [6.45, 7) is 2.78. The topological polar surface area (TPSA) is 32.3 Å². The molecule has 1 fully saturated rings. The van der Waals surface area contributed by atoms with E-state index in [1.807, 2.05) is 42.3 Å². The largest absolute Gasteiger partial charge is 0.339 e. The summed E-state index contributed by atoms with van der Waals surface area (Å²) in [4.78, 5) is 14.1. The molecular weight excluding hydrogens is 316 g/mol. The van der Waals surface area contributed by atoms with Crippen molar-refractivity contribution in [1.29, 1.82) is 0 Å². The number of halogens is 1. The zero-order chi connectivity index (χ0) is 14.4. The Labute approximate surface area is 129 Å². The highest BCUT2D eigenvalue weighted by Crippen LogP contribution is 2.19. The van der Waals surface area contributed by atoms with E-state index in [1.54, 1.807) is 6.08 Å². The van der Waals surface area contributed by atoms with Crippen molar-refractivity contribution in [3.8, 4) is 0 Å². The van der Waals surface area contributed by atoms with E-state index in [0.717, 1.165) is 42.5 Å². The van der Waals surface area contributed by atoms with Gasteiger partial charge in [-0.25, -0.2) is 0 Å². The smallest absolute Gasteiger partial charge is 0.246 e. The summed E-state index contributed by atoms with van der Waals surface area (Å²) in [5, 5.41) is 3.21. The molecule has 0 bridgehead atoms. The van der Waals surface area contributed by atoms with Crippen LogP contribution < -0.4 is 5.32 Å². The van der Waals surface area contributed by atoms with Crippen molar-refractivity contribution < 1.29 is 4.79 Å². The average molecular weight is 337 g/mol. The zero-order valence-corrected chi connectivity index (χ0v) is 13.4. The molecule has 1 saturated heterocycles. The number of nitrogens with one attached hydrogen (secondary N) is 1. The molecule has 0 saturated carbocycles. The van der Waals surface area contributed by atoms with E-state index in [2.05, 4.69) is 21.2 Å². The molecule has 1 N–H and O–H groups in total. The fourth-order valence-corrected chi connectivity index (χ4v) is 2.94. The van der Waals surface area contributed by atoms with Crippen LogP contribution in [-0.4, -0.2) is 37.5 Å². The lowest BCUT2D eigenvalue weighted by atomic mass is 9.97. The van der Waals surface area contributed by atoms with Crippen LogP contribution in [0.3, 0.4) is 0 Å². The summed E-state index contributed by atoms with van der Waals surface area (Å²) in [6.07, 6.45) is 5.75. The first kappa shape index (κ1) is 15.3. The SMILES string of the molecule is CNCC1CCN(C(=O)/C=C/c2ccccc2Br)CC1. The average Bonchev–Trinajstić information content (AvgIpc) is 2.47. The Bertz CT molecular complexity index is 479. The van der Waals surface area contributed by atoms with Crippen LogP contribution in [0.25, 0.3) is 6.08 Å². The maximum atomic E-state index is 12.2. The molecule has 1 aliphatic heterocycles. The number of nitrogens with zero attached hydrogens (tertiary/aromatic N) is 1. The van der Waals surface area contributed by atoms with E-state index in [9.17, 15) is 4.79 Å². The molecule has 108 valence electrons. The van der Waals surface area contributed by atoms with Crippen molar-refractivity contribution >= 4 is 27.9 Å². The van der Waals surface area contributed by atoms with E-state index in [4.69, 9.17) is 0 Å². The standard InChI is InChI=1S/C16H21BrN2O/c1-18-12-13-8-10-19(11-9-13)16(20)7-6-14-4-2-3-5-15(14)17/h2-7,13,18H,8-12H2,1H3/b7-6+. The molecule has 0 aromatic heterocycles. The van der Waals surface area contributed by atoms with Crippen molar-refractivity contribution in [3.05, 3.63) is 40.4 Å². The van der Waals surface area contributed by atoms with Gasteiger partial charge in [0, 0.05) is 23.6 Å². The fourth-order valence-electron chi connectivity index (χ4n) is 2.52. The third kappa shape index (κ3) is 4.18. The van der Waals surface area contributed by atoms with Crippen LogP contribution in [0.4, 0.5) is 0 Å². The maximum Gasteiger partial charge on any atom is 0.246 e. The lowest BCUT2D eigenvalue weighted by Crippen LogP contribution is -2.39. The number of amides is 1. The Morgan fingerprint density at radius 1 is 1.40 bits per heavy atom. The van der Waals surface area contributed by atoms with Gasteiger partial charge < -0.3 is 10.2 Å². The third-order valence-corrected chi connectivity index (χ3v) is 4.45. The highest BCUT2D eigenvalue weighted by Gasteiger charge is 2.20. The molecule has 1 aromatic rings. The van der Waals surface area contributed by atoms with Crippen LogP contribution >= 0.6 is 15.9 Å². The summed E-state index contributed by atoms with van der Waals surface area (Å²) < 4.78 is 1.01. The highest BCUT2D eigenvalue weighted by molar-refractivity contribution is 9.10. The van der Waals surface area contributed by atoms with E-state index in [1.165, 1.54) is 0 Å². The van der Waals surface area contributed by atoms with Crippen molar-refractivity contribution in [1.82, 2.24) is 10.2 Å².